The summed E-state index contributed by atoms with van der Waals surface area (Å²) in [5, 5.41) is 0.687. The molecule has 1 fully saturated rings. The van der Waals surface area contributed by atoms with Gasteiger partial charge in [0.1, 0.15) is 12.2 Å². The van der Waals surface area contributed by atoms with E-state index in [0.717, 1.165) is 36.0 Å². The second-order valence-corrected chi connectivity index (χ2v) is 10.6. The zero-order chi connectivity index (χ0) is 24.1. The van der Waals surface area contributed by atoms with Crippen molar-refractivity contribution in [2.75, 3.05) is 0 Å². The van der Waals surface area contributed by atoms with Crippen LogP contribution >= 0.6 is 34.2 Å². The fraction of sp³-hybridized carbons (Fsp3) is 0.345. The SMILES string of the molecule is CCC[C@H](CC)N1C(=O)[C@H](Cc2ccc(I)cc2)O[C@@H](c2ccccc2)[C@H]1c1ccc(Cl)cc1. The number of carbonyl (C=O) groups excluding carboxylic acids is 1. The van der Waals surface area contributed by atoms with Crippen molar-refractivity contribution in [2.24, 2.45) is 0 Å². The number of benzene rings is 3. The first-order valence-electron chi connectivity index (χ1n) is 12.0. The fourth-order valence-corrected chi connectivity index (χ4v) is 5.39. The van der Waals surface area contributed by atoms with Crippen LogP contribution in [0.3, 0.4) is 0 Å². The Hall–Kier alpha value is -1.89. The van der Waals surface area contributed by atoms with Gasteiger partial charge < -0.3 is 9.64 Å². The fourth-order valence-electron chi connectivity index (χ4n) is 4.91. The van der Waals surface area contributed by atoms with Crippen molar-refractivity contribution in [3.63, 3.8) is 0 Å². The van der Waals surface area contributed by atoms with E-state index in [2.05, 4.69) is 77.7 Å². The Kier molecular flexibility index (Phi) is 8.67. The molecule has 5 heteroatoms. The van der Waals surface area contributed by atoms with Gasteiger partial charge in [0.15, 0.2) is 0 Å². The Balaban J connectivity index is 1.80. The molecule has 0 radical (unpaired) electrons. The van der Waals surface area contributed by atoms with E-state index in [-0.39, 0.29) is 24.1 Å². The Labute approximate surface area is 221 Å². The smallest absolute Gasteiger partial charge is 0.252 e. The second kappa shape index (κ2) is 11.7. The third-order valence-electron chi connectivity index (χ3n) is 6.59. The molecule has 0 unspecified atom stereocenters. The van der Waals surface area contributed by atoms with Crippen LogP contribution in [0, 0.1) is 3.57 Å². The molecule has 0 N–H and O–H groups in total. The summed E-state index contributed by atoms with van der Waals surface area (Å²) in [7, 11) is 0. The third-order valence-corrected chi connectivity index (χ3v) is 7.56. The monoisotopic (exact) mass is 587 g/mol. The number of ether oxygens (including phenoxy) is 1. The summed E-state index contributed by atoms with van der Waals surface area (Å²) in [5.41, 5.74) is 3.24. The number of halogens is 2. The minimum Gasteiger partial charge on any atom is -0.358 e. The summed E-state index contributed by atoms with van der Waals surface area (Å²) < 4.78 is 7.87. The van der Waals surface area contributed by atoms with E-state index in [1.165, 1.54) is 3.57 Å². The lowest BCUT2D eigenvalue weighted by Crippen LogP contribution is -2.55. The molecule has 3 aromatic rings. The molecule has 0 saturated carbocycles. The van der Waals surface area contributed by atoms with E-state index < -0.39 is 6.10 Å². The number of amides is 1. The summed E-state index contributed by atoms with van der Waals surface area (Å²) >= 11 is 8.52. The van der Waals surface area contributed by atoms with E-state index >= 15 is 0 Å². The van der Waals surface area contributed by atoms with Crippen LogP contribution in [0.15, 0.2) is 78.9 Å². The topological polar surface area (TPSA) is 29.5 Å². The maximum Gasteiger partial charge on any atom is 0.252 e. The molecule has 3 nitrogen and oxygen atoms in total. The van der Waals surface area contributed by atoms with Crippen molar-refractivity contribution in [2.45, 2.75) is 63.8 Å². The van der Waals surface area contributed by atoms with Crippen molar-refractivity contribution in [1.82, 2.24) is 4.90 Å². The van der Waals surface area contributed by atoms with Gasteiger partial charge in [0.2, 0.25) is 0 Å². The van der Waals surface area contributed by atoms with Gasteiger partial charge in [0.05, 0.1) is 6.04 Å². The molecule has 0 aromatic heterocycles. The van der Waals surface area contributed by atoms with Gasteiger partial charge in [-0.25, -0.2) is 0 Å². The summed E-state index contributed by atoms with van der Waals surface area (Å²) in [5.74, 6) is 0.0750. The Morgan fingerprint density at radius 2 is 1.62 bits per heavy atom. The Bertz CT molecular complexity index is 1070. The highest BCUT2D eigenvalue weighted by molar-refractivity contribution is 14.1. The van der Waals surface area contributed by atoms with Gasteiger partial charge in [-0.3, -0.25) is 4.79 Å². The van der Waals surface area contributed by atoms with Crippen molar-refractivity contribution in [3.05, 3.63) is 104 Å². The van der Waals surface area contributed by atoms with E-state index in [1.807, 2.05) is 42.5 Å². The van der Waals surface area contributed by atoms with E-state index in [0.29, 0.717) is 11.4 Å². The lowest BCUT2D eigenvalue weighted by molar-refractivity contribution is -0.179. The number of hydrogen-bond acceptors (Lipinski definition) is 2. The van der Waals surface area contributed by atoms with Crippen molar-refractivity contribution in [1.29, 1.82) is 0 Å². The standard InChI is InChI=1S/C29H31ClINO2/c1-3-8-25(4-2)32-27(21-13-15-23(30)16-14-21)28(22-9-6-5-7-10-22)34-26(29(32)33)19-20-11-17-24(31)18-12-20/h5-7,9-18,25-28H,3-4,8,19H2,1-2H3/t25-,26-,27+,28-/m0/s1. The highest BCUT2D eigenvalue weighted by Crippen LogP contribution is 2.44. The predicted octanol–water partition coefficient (Wildman–Crippen LogP) is 7.78. The molecule has 1 aliphatic heterocycles. The van der Waals surface area contributed by atoms with Gasteiger partial charge in [0, 0.05) is 21.1 Å². The maximum atomic E-state index is 14.1. The van der Waals surface area contributed by atoms with Crippen LogP contribution in [0.2, 0.25) is 5.02 Å². The number of carbonyl (C=O) groups is 1. The molecule has 1 aliphatic rings. The molecule has 34 heavy (non-hydrogen) atoms. The Morgan fingerprint density at radius 3 is 2.24 bits per heavy atom. The highest BCUT2D eigenvalue weighted by Gasteiger charge is 2.46. The maximum absolute atomic E-state index is 14.1. The molecule has 4 atom stereocenters. The second-order valence-electron chi connectivity index (χ2n) is 8.88. The van der Waals surface area contributed by atoms with Gasteiger partial charge in [0.25, 0.3) is 5.91 Å². The quantitative estimate of drug-likeness (QED) is 0.252. The number of morpholine rings is 1. The van der Waals surface area contributed by atoms with Crippen LogP contribution in [0.1, 0.15) is 61.9 Å². The zero-order valence-corrected chi connectivity index (χ0v) is 22.6. The summed E-state index contributed by atoms with van der Waals surface area (Å²) in [4.78, 5) is 16.2. The van der Waals surface area contributed by atoms with E-state index in [9.17, 15) is 4.79 Å². The first-order chi connectivity index (χ1) is 16.5. The molecular weight excluding hydrogens is 557 g/mol. The molecular formula is C29H31ClINO2. The summed E-state index contributed by atoms with van der Waals surface area (Å²) in [6.07, 6.45) is 2.66. The first kappa shape index (κ1) is 25.2. The largest absolute Gasteiger partial charge is 0.358 e. The zero-order valence-electron chi connectivity index (χ0n) is 19.7. The van der Waals surface area contributed by atoms with Crippen molar-refractivity contribution in [3.8, 4) is 0 Å². The van der Waals surface area contributed by atoms with Gasteiger partial charge in [-0.15, -0.1) is 0 Å². The molecule has 0 bridgehead atoms. The highest BCUT2D eigenvalue weighted by atomic mass is 127. The van der Waals surface area contributed by atoms with Crippen LogP contribution in [-0.4, -0.2) is 23.0 Å². The number of rotatable bonds is 8. The summed E-state index contributed by atoms with van der Waals surface area (Å²) in [6.45, 7) is 4.36. The van der Waals surface area contributed by atoms with Crippen LogP contribution < -0.4 is 0 Å². The molecule has 0 aliphatic carbocycles. The average Bonchev–Trinajstić information content (AvgIpc) is 2.86. The molecule has 1 amide bonds. The minimum atomic E-state index is -0.528. The molecule has 4 rings (SSSR count). The minimum absolute atomic E-state index is 0.0750. The molecule has 1 heterocycles. The van der Waals surface area contributed by atoms with Gasteiger partial charge in [-0.2, -0.15) is 0 Å². The van der Waals surface area contributed by atoms with Gasteiger partial charge in [-0.1, -0.05) is 86.5 Å². The van der Waals surface area contributed by atoms with Crippen LogP contribution in [0.25, 0.3) is 0 Å². The number of nitrogens with zero attached hydrogens (tertiary/aromatic N) is 1. The van der Waals surface area contributed by atoms with Gasteiger partial charge in [-0.05, 0) is 76.4 Å². The van der Waals surface area contributed by atoms with Crippen molar-refractivity contribution < 1.29 is 9.53 Å². The van der Waals surface area contributed by atoms with Gasteiger partial charge >= 0.3 is 0 Å². The average molecular weight is 588 g/mol. The first-order valence-corrected chi connectivity index (χ1v) is 13.5. The molecule has 178 valence electrons. The summed E-state index contributed by atoms with van der Waals surface area (Å²) in [6, 6.07) is 26.4. The van der Waals surface area contributed by atoms with Crippen LogP contribution in [0.4, 0.5) is 0 Å². The van der Waals surface area contributed by atoms with Crippen molar-refractivity contribution >= 4 is 40.1 Å². The predicted molar refractivity (Wildman–Crippen MR) is 147 cm³/mol. The van der Waals surface area contributed by atoms with E-state index in [4.69, 9.17) is 16.3 Å². The van der Waals surface area contributed by atoms with E-state index in [1.54, 1.807) is 0 Å². The lowest BCUT2D eigenvalue weighted by Gasteiger charge is -2.48. The molecule has 1 saturated heterocycles. The lowest BCUT2D eigenvalue weighted by atomic mass is 9.88. The third kappa shape index (κ3) is 5.67. The van der Waals surface area contributed by atoms with Crippen LogP contribution in [-0.2, 0) is 16.0 Å². The normalized spacial score (nSPS) is 21.5. The number of hydrogen-bond donors (Lipinski definition) is 0. The molecule has 0 spiro atoms. The molecule has 3 aromatic carbocycles. The Morgan fingerprint density at radius 1 is 0.941 bits per heavy atom. The van der Waals surface area contributed by atoms with Crippen LogP contribution in [0.5, 0.6) is 0 Å².